The molecule has 0 atom stereocenters. The lowest BCUT2D eigenvalue weighted by molar-refractivity contribution is 0.0516. The predicted octanol–water partition coefficient (Wildman–Crippen LogP) is 3.47. The topological polar surface area (TPSA) is 44.1 Å². The fourth-order valence-electron chi connectivity index (χ4n) is 1.41. The van der Waals surface area contributed by atoms with E-state index in [0.29, 0.717) is 10.5 Å². The normalized spacial score (nSPS) is 11.8. The van der Waals surface area contributed by atoms with E-state index in [0.717, 1.165) is 5.39 Å². The summed E-state index contributed by atoms with van der Waals surface area (Å²) in [5, 5.41) is 5.42. The molecule has 4 nitrogen and oxygen atoms in total. The van der Waals surface area contributed by atoms with Crippen molar-refractivity contribution < 1.29 is 9.53 Å². The number of benzene rings is 1. The highest BCUT2D eigenvalue weighted by atomic mass is 35.5. The summed E-state index contributed by atoms with van der Waals surface area (Å²) in [5.41, 5.74) is 0.127. The van der Waals surface area contributed by atoms with Crippen molar-refractivity contribution in [3.05, 3.63) is 29.4 Å². The Hall–Kier alpha value is -1.55. The molecule has 0 N–H and O–H groups in total. The van der Waals surface area contributed by atoms with Crippen molar-refractivity contribution in [3.63, 3.8) is 0 Å². The van der Waals surface area contributed by atoms with Gasteiger partial charge in [-0.2, -0.15) is 9.78 Å². The Bertz CT molecular complexity index is 569. The van der Waals surface area contributed by atoms with Crippen molar-refractivity contribution in [2.75, 3.05) is 0 Å². The summed E-state index contributed by atoms with van der Waals surface area (Å²) in [6.07, 6.45) is 1.07. The minimum absolute atomic E-state index is 0.509. The third kappa shape index (κ3) is 2.58. The Kier molecular flexibility index (Phi) is 2.83. The van der Waals surface area contributed by atoms with Crippen LogP contribution in [0.4, 0.5) is 4.79 Å². The van der Waals surface area contributed by atoms with Gasteiger partial charge in [-0.05, 0) is 32.9 Å². The van der Waals surface area contributed by atoms with Gasteiger partial charge in [0.05, 0.1) is 10.5 Å². The van der Waals surface area contributed by atoms with Gasteiger partial charge in [0, 0.05) is 11.6 Å². The van der Waals surface area contributed by atoms with Crippen molar-refractivity contribution in [1.82, 2.24) is 9.78 Å². The van der Waals surface area contributed by atoms with Crippen LogP contribution >= 0.6 is 11.6 Å². The van der Waals surface area contributed by atoms with Gasteiger partial charge in [-0.3, -0.25) is 0 Å². The van der Waals surface area contributed by atoms with Crippen molar-refractivity contribution in [2.24, 2.45) is 0 Å². The number of hydrogen-bond donors (Lipinski definition) is 0. The van der Waals surface area contributed by atoms with Crippen LogP contribution < -0.4 is 0 Å². The maximum absolute atomic E-state index is 11.8. The standard InChI is InChI=1S/C12H13ClN2O2/c1-12(2,3)17-11(16)15-7-8-9(13)5-4-6-10(8)14-15/h4-7H,1-3H3. The smallest absolute Gasteiger partial charge is 0.435 e. The monoisotopic (exact) mass is 252 g/mol. The van der Waals surface area contributed by atoms with Gasteiger partial charge in [0.1, 0.15) is 5.60 Å². The molecular formula is C12H13ClN2O2. The molecule has 1 heterocycles. The molecule has 1 aromatic heterocycles. The Morgan fingerprint density at radius 2 is 2.12 bits per heavy atom. The van der Waals surface area contributed by atoms with E-state index in [4.69, 9.17) is 16.3 Å². The van der Waals surface area contributed by atoms with Crippen molar-refractivity contribution in [3.8, 4) is 0 Å². The summed E-state index contributed by atoms with van der Waals surface area (Å²) in [6.45, 7) is 5.42. The first-order chi connectivity index (χ1) is 7.87. The second-order valence-corrected chi connectivity index (χ2v) is 5.13. The summed E-state index contributed by atoms with van der Waals surface area (Å²) in [7, 11) is 0. The van der Waals surface area contributed by atoms with Gasteiger partial charge < -0.3 is 4.74 Å². The number of hydrogen-bond acceptors (Lipinski definition) is 3. The molecule has 0 fully saturated rings. The zero-order valence-corrected chi connectivity index (χ0v) is 10.7. The van der Waals surface area contributed by atoms with E-state index in [-0.39, 0.29) is 0 Å². The Balaban J connectivity index is 2.37. The molecule has 0 saturated heterocycles. The van der Waals surface area contributed by atoms with E-state index in [2.05, 4.69) is 5.10 Å². The van der Waals surface area contributed by atoms with E-state index in [1.807, 2.05) is 0 Å². The average Bonchev–Trinajstić information content (AvgIpc) is 2.60. The molecule has 0 amide bonds. The van der Waals surface area contributed by atoms with Crippen LogP contribution in [0, 0.1) is 0 Å². The molecule has 1 aromatic carbocycles. The van der Waals surface area contributed by atoms with Crippen molar-refractivity contribution in [1.29, 1.82) is 0 Å². The molecule has 0 saturated carbocycles. The van der Waals surface area contributed by atoms with Crippen molar-refractivity contribution in [2.45, 2.75) is 26.4 Å². The van der Waals surface area contributed by atoms with Gasteiger partial charge in [-0.25, -0.2) is 4.79 Å². The Morgan fingerprint density at radius 3 is 2.71 bits per heavy atom. The number of carbonyl (C=O) groups excluding carboxylic acids is 1. The van der Waals surface area contributed by atoms with E-state index in [1.54, 1.807) is 45.2 Å². The van der Waals surface area contributed by atoms with Gasteiger partial charge >= 0.3 is 6.09 Å². The average molecular weight is 253 g/mol. The number of ether oxygens (including phenoxy) is 1. The van der Waals surface area contributed by atoms with Crippen molar-refractivity contribution >= 4 is 28.6 Å². The van der Waals surface area contributed by atoms with Crippen LogP contribution in [0.3, 0.4) is 0 Å². The number of carbonyl (C=O) groups is 1. The first-order valence-corrected chi connectivity index (χ1v) is 5.62. The molecule has 17 heavy (non-hydrogen) atoms. The number of rotatable bonds is 0. The highest BCUT2D eigenvalue weighted by molar-refractivity contribution is 6.35. The molecular weight excluding hydrogens is 240 g/mol. The minimum atomic E-state index is -0.543. The predicted molar refractivity (Wildman–Crippen MR) is 66.4 cm³/mol. The fourth-order valence-corrected chi connectivity index (χ4v) is 1.63. The van der Waals surface area contributed by atoms with Crippen LogP contribution in [0.15, 0.2) is 24.4 Å². The third-order valence-corrected chi connectivity index (χ3v) is 2.41. The van der Waals surface area contributed by atoms with Gasteiger partial charge in [-0.1, -0.05) is 17.7 Å². The van der Waals surface area contributed by atoms with E-state index in [1.165, 1.54) is 4.68 Å². The minimum Gasteiger partial charge on any atom is -0.442 e. The van der Waals surface area contributed by atoms with Crippen LogP contribution in [0.25, 0.3) is 10.9 Å². The molecule has 2 rings (SSSR count). The van der Waals surface area contributed by atoms with Gasteiger partial charge in [0.15, 0.2) is 0 Å². The molecule has 5 heteroatoms. The first kappa shape index (κ1) is 11.9. The second-order valence-electron chi connectivity index (χ2n) is 4.73. The quantitative estimate of drug-likeness (QED) is 0.721. The number of fused-ring (bicyclic) bond motifs is 1. The molecule has 0 spiro atoms. The SMILES string of the molecule is CC(C)(C)OC(=O)n1cc2c(Cl)cccc2n1. The first-order valence-electron chi connectivity index (χ1n) is 5.24. The van der Waals surface area contributed by atoms with Crippen LogP contribution in [-0.4, -0.2) is 21.5 Å². The number of nitrogens with zero attached hydrogens (tertiary/aromatic N) is 2. The largest absolute Gasteiger partial charge is 0.442 e. The summed E-state index contributed by atoms with van der Waals surface area (Å²) in [6, 6.07) is 5.34. The zero-order valence-electron chi connectivity index (χ0n) is 9.90. The van der Waals surface area contributed by atoms with Gasteiger partial charge in [0.25, 0.3) is 0 Å². The number of aromatic nitrogens is 2. The molecule has 0 radical (unpaired) electrons. The maximum atomic E-state index is 11.8. The molecule has 2 aromatic rings. The van der Waals surface area contributed by atoms with Crippen LogP contribution in [0.5, 0.6) is 0 Å². The lowest BCUT2D eigenvalue weighted by atomic mass is 10.2. The number of halogens is 1. The van der Waals surface area contributed by atoms with Crippen LogP contribution in [0.2, 0.25) is 5.02 Å². The maximum Gasteiger partial charge on any atom is 0.435 e. The zero-order chi connectivity index (χ0) is 12.6. The van der Waals surface area contributed by atoms with Gasteiger partial charge in [0.2, 0.25) is 0 Å². The lowest BCUT2D eigenvalue weighted by Gasteiger charge is -2.18. The highest BCUT2D eigenvalue weighted by Gasteiger charge is 2.19. The molecule has 90 valence electrons. The van der Waals surface area contributed by atoms with Crippen LogP contribution in [0.1, 0.15) is 20.8 Å². The molecule has 0 aliphatic heterocycles. The van der Waals surface area contributed by atoms with Crippen LogP contribution in [-0.2, 0) is 4.74 Å². The van der Waals surface area contributed by atoms with E-state index >= 15 is 0 Å². The third-order valence-electron chi connectivity index (χ3n) is 2.08. The highest BCUT2D eigenvalue weighted by Crippen LogP contribution is 2.22. The summed E-state index contributed by atoms with van der Waals surface area (Å²) >= 11 is 6.00. The molecule has 0 unspecified atom stereocenters. The van der Waals surface area contributed by atoms with E-state index in [9.17, 15) is 4.79 Å². The molecule has 0 bridgehead atoms. The summed E-state index contributed by atoms with van der Waals surface area (Å²) < 4.78 is 6.38. The van der Waals surface area contributed by atoms with E-state index < -0.39 is 11.7 Å². The lowest BCUT2D eigenvalue weighted by Crippen LogP contribution is -2.27. The summed E-state index contributed by atoms with van der Waals surface area (Å²) in [5.74, 6) is 0. The molecule has 0 aliphatic rings. The van der Waals surface area contributed by atoms with Gasteiger partial charge in [-0.15, -0.1) is 0 Å². The summed E-state index contributed by atoms with van der Waals surface area (Å²) in [4.78, 5) is 11.8. The fraction of sp³-hybridized carbons (Fsp3) is 0.333. The molecule has 0 aliphatic carbocycles. The Morgan fingerprint density at radius 1 is 1.41 bits per heavy atom. The second kappa shape index (κ2) is 4.04. The Labute approximate surface area is 104 Å².